The Labute approximate surface area is 169 Å². The van der Waals surface area contributed by atoms with Gasteiger partial charge in [0, 0.05) is 7.05 Å². The molecule has 0 unspecified atom stereocenters. The highest BCUT2D eigenvalue weighted by molar-refractivity contribution is 5.81. The van der Waals surface area contributed by atoms with Crippen LogP contribution in [0.5, 0.6) is 0 Å². The van der Waals surface area contributed by atoms with Crippen molar-refractivity contribution in [1.29, 1.82) is 5.26 Å². The van der Waals surface area contributed by atoms with Gasteiger partial charge >= 0.3 is 6.18 Å². The Balaban J connectivity index is 1.93. The molecule has 4 rings (SSSR count). The van der Waals surface area contributed by atoms with Gasteiger partial charge in [0.1, 0.15) is 5.60 Å². The van der Waals surface area contributed by atoms with Gasteiger partial charge in [0.15, 0.2) is 5.52 Å². The van der Waals surface area contributed by atoms with E-state index in [9.17, 15) is 28.3 Å². The average molecular weight is 417 g/mol. The fraction of sp³-hybridized carbons (Fsp3) is 0.400. The van der Waals surface area contributed by atoms with Gasteiger partial charge in [0.25, 0.3) is 5.56 Å². The normalized spacial score (nSPS) is 16.4. The Morgan fingerprint density at radius 3 is 2.60 bits per heavy atom. The molecular weight excluding hydrogens is 399 g/mol. The fourth-order valence-corrected chi connectivity index (χ4v) is 3.82. The fourth-order valence-electron chi connectivity index (χ4n) is 3.82. The maximum Gasteiger partial charge on any atom is 0.417 e. The second-order valence-electron chi connectivity index (χ2n) is 7.44. The molecule has 2 aromatic heterocycles. The van der Waals surface area contributed by atoms with Crippen LogP contribution in [-0.2, 0) is 18.8 Å². The van der Waals surface area contributed by atoms with Crippen LogP contribution in [0.2, 0.25) is 0 Å². The van der Waals surface area contributed by atoms with E-state index in [4.69, 9.17) is 0 Å². The SMILES string of the molecule is CC[C@@](O)(c1ccc(C(F)(F)F)c(C#N)c1)c1c2cnn(C3CC3)c(=O)c2nn1C. The van der Waals surface area contributed by atoms with Crippen LogP contribution < -0.4 is 5.56 Å². The number of rotatable bonds is 4. The van der Waals surface area contributed by atoms with Crippen molar-refractivity contribution in [3.8, 4) is 6.07 Å². The highest BCUT2D eigenvalue weighted by atomic mass is 19.4. The molecule has 30 heavy (non-hydrogen) atoms. The molecule has 7 nitrogen and oxygen atoms in total. The number of alkyl halides is 3. The van der Waals surface area contributed by atoms with Crippen molar-refractivity contribution >= 4 is 10.9 Å². The molecule has 3 aromatic rings. The third-order valence-electron chi connectivity index (χ3n) is 5.52. The Kier molecular flexibility index (Phi) is 4.47. The van der Waals surface area contributed by atoms with Crippen LogP contribution in [0, 0.1) is 11.3 Å². The first kappa shape index (κ1) is 20.1. The summed E-state index contributed by atoms with van der Waals surface area (Å²) in [6.07, 6.45) is -1.44. The van der Waals surface area contributed by atoms with Crippen molar-refractivity contribution in [2.24, 2.45) is 7.05 Å². The minimum atomic E-state index is -4.69. The molecule has 0 spiro atoms. The van der Waals surface area contributed by atoms with Crippen LogP contribution in [0.25, 0.3) is 10.9 Å². The first-order valence-corrected chi connectivity index (χ1v) is 9.41. The van der Waals surface area contributed by atoms with Gasteiger partial charge in [-0.2, -0.15) is 28.6 Å². The summed E-state index contributed by atoms with van der Waals surface area (Å²) in [5.41, 5.74) is -3.35. The summed E-state index contributed by atoms with van der Waals surface area (Å²) in [6.45, 7) is 1.65. The quantitative estimate of drug-likeness (QED) is 0.704. The molecule has 1 fully saturated rings. The predicted octanol–water partition coefficient (Wildman–Crippen LogP) is 3.00. The molecule has 0 radical (unpaired) electrons. The number of hydrogen-bond acceptors (Lipinski definition) is 5. The monoisotopic (exact) mass is 417 g/mol. The highest BCUT2D eigenvalue weighted by Gasteiger charge is 2.39. The number of nitrogens with zero attached hydrogens (tertiary/aromatic N) is 5. The highest BCUT2D eigenvalue weighted by Crippen LogP contribution is 2.40. The van der Waals surface area contributed by atoms with E-state index in [1.54, 1.807) is 20.0 Å². The van der Waals surface area contributed by atoms with Gasteiger partial charge in [-0.05, 0) is 37.0 Å². The minimum Gasteiger partial charge on any atom is -0.379 e. The zero-order valence-electron chi connectivity index (χ0n) is 16.2. The van der Waals surface area contributed by atoms with Crippen LogP contribution in [0.4, 0.5) is 13.2 Å². The van der Waals surface area contributed by atoms with Gasteiger partial charge < -0.3 is 5.11 Å². The van der Waals surface area contributed by atoms with E-state index in [-0.39, 0.29) is 34.8 Å². The van der Waals surface area contributed by atoms with E-state index in [2.05, 4.69) is 10.2 Å². The van der Waals surface area contributed by atoms with Crippen molar-refractivity contribution in [1.82, 2.24) is 19.6 Å². The lowest BCUT2D eigenvalue weighted by atomic mass is 9.84. The molecule has 1 aliphatic carbocycles. The van der Waals surface area contributed by atoms with Crippen molar-refractivity contribution in [2.75, 3.05) is 0 Å². The second-order valence-corrected chi connectivity index (χ2v) is 7.44. The molecule has 2 heterocycles. The smallest absolute Gasteiger partial charge is 0.379 e. The molecule has 0 saturated heterocycles. The molecule has 10 heteroatoms. The van der Waals surface area contributed by atoms with Crippen molar-refractivity contribution in [3.05, 3.63) is 57.1 Å². The summed E-state index contributed by atoms with van der Waals surface area (Å²) in [5.74, 6) is 0. The van der Waals surface area contributed by atoms with Crippen molar-refractivity contribution < 1.29 is 18.3 Å². The Morgan fingerprint density at radius 1 is 1.33 bits per heavy atom. The zero-order chi connectivity index (χ0) is 21.8. The summed E-state index contributed by atoms with van der Waals surface area (Å²) in [5, 5.41) is 29.5. The molecule has 1 atom stereocenters. The molecule has 0 bridgehead atoms. The van der Waals surface area contributed by atoms with Gasteiger partial charge in [-0.1, -0.05) is 13.0 Å². The van der Waals surface area contributed by atoms with E-state index >= 15 is 0 Å². The number of aliphatic hydroxyl groups is 1. The summed E-state index contributed by atoms with van der Waals surface area (Å²) < 4.78 is 42.2. The van der Waals surface area contributed by atoms with Gasteiger partial charge in [0.05, 0.1) is 40.5 Å². The maximum atomic E-state index is 13.2. The Morgan fingerprint density at radius 2 is 2.03 bits per heavy atom. The third-order valence-corrected chi connectivity index (χ3v) is 5.52. The first-order valence-electron chi connectivity index (χ1n) is 9.41. The molecular formula is C20H18F3N5O2. The molecule has 1 N–H and O–H groups in total. The van der Waals surface area contributed by atoms with Crippen LogP contribution in [-0.4, -0.2) is 24.7 Å². The lowest BCUT2D eigenvalue weighted by Gasteiger charge is -2.28. The first-order chi connectivity index (χ1) is 14.1. The number of aryl methyl sites for hydroxylation is 1. The lowest BCUT2D eigenvalue weighted by Crippen LogP contribution is -2.30. The maximum absolute atomic E-state index is 13.2. The largest absolute Gasteiger partial charge is 0.417 e. The summed E-state index contributed by atoms with van der Waals surface area (Å²) in [7, 11) is 1.55. The van der Waals surface area contributed by atoms with Gasteiger partial charge in [-0.3, -0.25) is 9.48 Å². The van der Waals surface area contributed by atoms with Gasteiger partial charge in [-0.25, -0.2) is 4.68 Å². The predicted molar refractivity (Wildman–Crippen MR) is 100 cm³/mol. The summed E-state index contributed by atoms with van der Waals surface area (Å²) >= 11 is 0. The number of halogens is 3. The van der Waals surface area contributed by atoms with Gasteiger partial charge in [-0.15, -0.1) is 0 Å². The molecule has 1 aromatic carbocycles. The third kappa shape index (κ3) is 2.97. The van der Waals surface area contributed by atoms with Crippen LogP contribution >= 0.6 is 0 Å². The average Bonchev–Trinajstić information content (AvgIpc) is 3.48. The molecule has 156 valence electrons. The lowest BCUT2D eigenvalue weighted by molar-refractivity contribution is -0.137. The topological polar surface area (TPSA) is 96.7 Å². The van der Waals surface area contributed by atoms with Crippen molar-refractivity contribution in [2.45, 2.75) is 44.0 Å². The number of fused-ring (bicyclic) bond motifs is 1. The second kappa shape index (κ2) is 6.67. The van der Waals surface area contributed by atoms with E-state index in [1.165, 1.54) is 15.6 Å². The number of aromatic nitrogens is 4. The molecule has 1 saturated carbocycles. The number of hydrogen-bond donors (Lipinski definition) is 1. The van der Waals surface area contributed by atoms with E-state index in [0.29, 0.717) is 5.39 Å². The van der Waals surface area contributed by atoms with E-state index < -0.39 is 22.9 Å². The number of nitriles is 1. The van der Waals surface area contributed by atoms with E-state index in [1.807, 2.05) is 0 Å². The molecule has 1 aliphatic rings. The minimum absolute atomic E-state index is 0.0468. The van der Waals surface area contributed by atoms with Crippen LogP contribution in [0.3, 0.4) is 0 Å². The van der Waals surface area contributed by atoms with E-state index in [0.717, 1.165) is 31.0 Å². The summed E-state index contributed by atoms with van der Waals surface area (Å²) in [6, 6.07) is 4.56. The summed E-state index contributed by atoms with van der Waals surface area (Å²) in [4.78, 5) is 12.8. The number of benzene rings is 1. The molecule has 0 amide bonds. The standard InChI is InChI=1S/C20H18F3N5O2/c1-3-19(30,12-4-7-15(20(21,22)23)11(8-12)9-24)17-14-10-25-28(13-5-6-13)18(29)16(14)26-27(17)2/h4,7-8,10,13,30H,3,5-6H2,1-2H3/t19-/m1/s1. The molecule has 0 aliphatic heterocycles. The Hall–Kier alpha value is -3.19. The zero-order valence-corrected chi connectivity index (χ0v) is 16.2. The van der Waals surface area contributed by atoms with Crippen molar-refractivity contribution in [3.63, 3.8) is 0 Å². The Bertz CT molecular complexity index is 1250. The van der Waals surface area contributed by atoms with Crippen LogP contribution in [0.15, 0.2) is 29.2 Å². The van der Waals surface area contributed by atoms with Crippen LogP contribution in [0.1, 0.15) is 54.6 Å². The van der Waals surface area contributed by atoms with Gasteiger partial charge in [0.2, 0.25) is 0 Å².